The molecule has 1 amide bonds. The van der Waals surface area contributed by atoms with Crippen LogP contribution < -0.4 is 5.32 Å². The second-order valence-electron chi connectivity index (χ2n) is 22.5. The molecule has 0 heterocycles. The Morgan fingerprint density at radius 3 is 1.07 bits per heavy atom. The van der Waals surface area contributed by atoms with Crippen molar-refractivity contribution in [2.75, 3.05) is 13.2 Å². The van der Waals surface area contributed by atoms with Gasteiger partial charge in [-0.05, 0) is 64.2 Å². The Labute approximate surface area is 455 Å². The first-order valence-corrected chi connectivity index (χ1v) is 32.8. The molecule has 0 aromatic carbocycles. The number of aliphatic hydroxyl groups excluding tert-OH is 2. The van der Waals surface area contributed by atoms with E-state index in [0.717, 1.165) is 51.4 Å². The number of carbonyl (C=O) groups excluding carboxylic acids is 2. The van der Waals surface area contributed by atoms with E-state index < -0.39 is 12.1 Å². The average Bonchev–Trinajstić information content (AvgIpc) is 3.39. The highest BCUT2D eigenvalue weighted by atomic mass is 16.5. The molecular formula is C67H127NO5. The lowest BCUT2D eigenvalue weighted by Gasteiger charge is -2.20. The Morgan fingerprint density at radius 1 is 0.384 bits per heavy atom. The first-order chi connectivity index (χ1) is 36.0. The summed E-state index contributed by atoms with van der Waals surface area (Å²) in [4.78, 5) is 24.6. The van der Waals surface area contributed by atoms with Gasteiger partial charge in [-0.15, -0.1) is 0 Å². The lowest BCUT2D eigenvalue weighted by atomic mass is 10.0. The van der Waals surface area contributed by atoms with Crippen molar-refractivity contribution in [2.45, 2.75) is 366 Å². The molecule has 0 aromatic rings. The molecule has 0 spiro atoms. The third kappa shape index (κ3) is 59.2. The number of amides is 1. The van der Waals surface area contributed by atoms with Gasteiger partial charge in [-0.3, -0.25) is 9.59 Å². The zero-order valence-corrected chi connectivity index (χ0v) is 49.1. The van der Waals surface area contributed by atoms with E-state index in [0.29, 0.717) is 19.4 Å². The van der Waals surface area contributed by atoms with Gasteiger partial charge in [0.2, 0.25) is 5.91 Å². The van der Waals surface area contributed by atoms with E-state index in [4.69, 9.17) is 4.74 Å². The van der Waals surface area contributed by atoms with E-state index in [-0.39, 0.29) is 18.5 Å². The smallest absolute Gasteiger partial charge is 0.305 e. The Hall–Kier alpha value is -1.92. The minimum absolute atomic E-state index is 0.00500. The summed E-state index contributed by atoms with van der Waals surface area (Å²) >= 11 is 0. The van der Waals surface area contributed by atoms with Crippen LogP contribution in [0.4, 0.5) is 0 Å². The van der Waals surface area contributed by atoms with Crippen LogP contribution in [-0.4, -0.2) is 47.4 Å². The third-order valence-corrected chi connectivity index (χ3v) is 15.2. The van der Waals surface area contributed by atoms with Gasteiger partial charge in [0.15, 0.2) is 0 Å². The van der Waals surface area contributed by atoms with Crippen LogP contribution in [0.1, 0.15) is 354 Å². The van der Waals surface area contributed by atoms with Crippen molar-refractivity contribution in [3.63, 3.8) is 0 Å². The predicted octanol–water partition coefficient (Wildman–Crippen LogP) is 20.8. The van der Waals surface area contributed by atoms with Crippen LogP contribution in [0.2, 0.25) is 0 Å². The summed E-state index contributed by atoms with van der Waals surface area (Å²) in [7, 11) is 0. The summed E-state index contributed by atoms with van der Waals surface area (Å²) in [6.45, 7) is 4.89. The molecule has 73 heavy (non-hydrogen) atoms. The number of hydrogen-bond acceptors (Lipinski definition) is 5. The van der Waals surface area contributed by atoms with Crippen molar-refractivity contribution in [2.24, 2.45) is 0 Å². The fourth-order valence-corrected chi connectivity index (χ4v) is 10.1. The number of nitrogens with one attached hydrogen (secondary N) is 1. The van der Waals surface area contributed by atoms with Crippen molar-refractivity contribution < 1.29 is 24.5 Å². The molecule has 0 rings (SSSR count). The molecule has 2 atom stereocenters. The van der Waals surface area contributed by atoms with Crippen LogP contribution in [0.3, 0.4) is 0 Å². The Bertz CT molecular complexity index is 1180. The molecule has 3 N–H and O–H groups in total. The van der Waals surface area contributed by atoms with Crippen LogP contribution in [0.5, 0.6) is 0 Å². The van der Waals surface area contributed by atoms with Gasteiger partial charge in [0.25, 0.3) is 0 Å². The summed E-state index contributed by atoms with van der Waals surface area (Å²) in [5.74, 6) is -0.0768. The van der Waals surface area contributed by atoms with Crippen LogP contribution in [0.15, 0.2) is 36.5 Å². The van der Waals surface area contributed by atoms with Gasteiger partial charge < -0.3 is 20.3 Å². The topological polar surface area (TPSA) is 95.9 Å². The van der Waals surface area contributed by atoms with E-state index in [1.54, 1.807) is 6.08 Å². The van der Waals surface area contributed by atoms with Crippen molar-refractivity contribution in [1.29, 1.82) is 0 Å². The molecular weight excluding hydrogens is 899 g/mol. The van der Waals surface area contributed by atoms with Gasteiger partial charge in [-0.2, -0.15) is 0 Å². The highest BCUT2D eigenvalue weighted by Gasteiger charge is 2.18. The summed E-state index contributed by atoms with van der Waals surface area (Å²) in [6, 6.07) is -0.635. The molecule has 2 unspecified atom stereocenters. The molecule has 0 aromatic heterocycles. The first kappa shape index (κ1) is 71.1. The molecule has 6 heteroatoms. The monoisotopic (exact) mass is 1030 g/mol. The van der Waals surface area contributed by atoms with Gasteiger partial charge in [-0.25, -0.2) is 0 Å². The third-order valence-electron chi connectivity index (χ3n) is 15.2. The van der Waals surface area contributed by atoms with E-state index in [9.17, 15) is 19.8 Å². The summed E-state index contributed by atoms with van der Waals surface area (Å²) in [6.07, 6.45) is 79.0. The standard InChI is InChI=1S/C67H127NO5/c1-3-5-7-9-11-13-15-17-19-21-22-23-24-25-26-28-31-35-39-43-47-51-55-59-65(70)64(63-69)68-66(71)60-56-52-48-44-40-36-32-29-30-34-38-42-46-50-54-58-62-73-67(72)61-57-53-49-45-41-37-33-27-20-18-16-14-12-10-8-6-4-2/h12,14,18,20,55,59,64-65,69-70H,3-11,13,15-17,19,21-54,56-58,60-63H2,1-2H3,(H,68,71)/b14-12-,20-18-,59-55+. The zero-order valence-electron chi connectivity index (χ0n) is 49.1. The minimum Gasteiger partial charge on any atom is -0.466 e. The predicted molar refractivity (Wildman–Crippen MR) is 319 cm³/mol. The van der Waals surface area contributed by atoms with Crippen molar-refractivity contribution in [3.8, 4) is 0 Å². The lowest BCUT2D eigenvalue weighted by Crippen LogP contribution is -2.45. The largest absolute Gasteiger partial charge is 0.466 e. The molecule has 0 saturated heterocycles. The molecule has 0 saturated carbocycles. The Morgan fingerprint density at radius 2 is 0.685 bits per heavy atom. The van der Waals surface area contributed by atoms with Crippen molar-refractivity contribution >= 4 is 11.9 Å². The summed E-state index contributed by atoms with van der Waals surface area (Å²) in [5.41, 5.74) is 0. The van der Waals surface area contributed by atoms with E-state index in [1.807, 2.05) is 6.08 Å². The van der Waals surface area contributed by atoms with Crippen LogP contribution >= 0.6 is 0 Å². The SMILES string of the molecule is CCCCC/C=C\C/C=C\CCCCCCCCCC(=O)OCCCCCCCCCCCCCCCCCCC(=O)NC(CO)C(O)/C=C/CCCCCCCCCCCCCCCCCCCCCCC. The Kier molecular flexibility index (Phi) is 61.0. The average molecular weight is 1030 g/mol. The second kappa shape index (κ2) is 62.6. The molecule has 0 fully saturated rings. The van der Waals surface area contributed by atoms with Crippen LogP contribution in [0, 0.1) is 0 Å². The van der Waals surface area contributed by atoms with Gasteiger partial charge in [0.1, 0.15) is 0 Å². The van der Waals surface area contributed by atoms with Crippen molar-refractivity contribution in [1.82, 2.24) is 5.32 Å². The van der Waals surface area contributed by atoms with Crippen LogP contribution in [-0.2, 0) is 14.3 Å². The maximum Gasteiger partial charge on any atom is 0.305 e. The van der Waals surface area contributed by atoms with E-state index in [1.165, 1.54) is 276 Å². The molecule has 430 valence electrons. The molecule has 0 aliphatic carbocycles. The number of hydrogen-bond donors (Lipinski definition) is 3. The fourth-order valence-electron chi connectivity index (χ4n) is 10.1. The summed E-state index contributed by atoms with van der Waals surface area (Å²) in [5, 5.41) is 23.2. The van der Waals surface area contributed by atoms with E-state index in [2.05, 4.69) is 43.5 Å². The maximum atomic E-state index is 12.5. The molecule has 0 radical (unpaired) electrons. The number of ether oxygens (including phenoxy) is 1. The molecule has 0 aliphatic heterocycles. The molecule has 0 bridgehead atoms. The number of rotatable bonds is 61. The zero-order chi connectivity index (χ0) is 52.9. The fraction of sp³-hybridized carbons (Fsp3) is 0.881. The number of aliphatic hydroxyl groups is 2. The van der Waals surface area contributed by atoms with Gasteiger partial charge >= 0.3 is 5.97 Å². The van der Waals surface area contributed by atoms with Crippen LogP contribution in [0.25, 0.3) is 0 Å². The lowest BCUT2D eigenvalue weighted by molar-refractivity contribution is -0.143. The summed E-state index contributed by atoms with van der Waals surface area (Å²) < 4.78 is 5.49. The Balaban J connectivity index is 3.45. The number of unbranched alkanes of at least 4 members (excludes halogenated alkanes) is 46. The highest BCUT2D eigenvalue weighted by Crippen LogP contribution is 2.18. The van der Waals surface area contributed by atoms with Gasteiger partial charge in [0.05, 0.1) is 25.4 Å². The minimum atomic E-state index is -0.851. The molecule has 6 nitrogen and oxygen atoms in total. The number of allylic oxidation sites excluding steroid dienone is 5. The van der Waals surface area contributed by atoms with Gasteiger partial charge in [-0.1, -0.05) is 314 Å². The first-order valence-electron chi connectivity index (χ1n) is 32.8. The number of carbonyl (C=O) groups is 2. The highest BCUT2D eigenvalue weighted by molar-refractivity contribution is 5.76. The van der Waals surface area contributed by atoms with Crippen molar-refractivity contribution in [3.05, 3.63) is 36.5 Å². The second-order valence-corrected chi connectivity index (χ2v) is 22.5. The quantitative estimate of drug-likeness (QED) is 0.0320. The number of esters is 1. The normalized spacial score (nSPS) is 12.8. The maximum absolute atomic E-state index is 12.5. The van der Waals surface area contributed by atoms with E-state index >= 15 is 0 Å². The molecule has 0 aliphatic rings. The van der Waals surface area contributed by atoms with Gasteiger partial charge in [0, 0.05) is 12.8 Å².